The summed E-state index contributed by atoms with van der Waals surface area (Å²) in [5, 5.41) is 33.6. The van der Waals surface area contributed by atoms with Crippen molar-refractivity contribution in [1.29, 1.82) is 0 Å². The molecule has 0 saturated carbocycles. The van der Waals surface area contributed by atoms with Gasteiger partial charge in [-0.1, -0.05) is 36.4 Å². The largest absolute Gasteiger partial charge is 0.497 e. The lowest BCUT2D eigenvalue weighted by atomic mass is 10.0. The second-order valence-electron chi connectivity index (χ2n) is 8.25. The number of nitrogens with one attached hydrogen (secondary N) is 1. The molecule has 11 heteroatoms. The van der Waals surface area contributed by atoms with E-state index in [4.69, 9.17) is 15.2 Å². The van der Waals surface area contributed by atoms with Crippen LogP contribution in [0.3, 0.4) is 0 Å². The third kappa shape index (κ3) is 4.26. The first-order valence-electron chi connectivity index (χ1n) is 11.1. The first-order chi connectivity index (χ1) is 17.0. The summed E-state index contributed by atoms with van der Waals surface area (Å²) < 4.78 is 12.6. The molecule has 3 heterocycles. The third-order valence-electron chi connectivity index (χ3n) is 6.08. The van der Waals surface area contributed by atoms with Gasteiger partial charge >= 0.3 is 0 Å². The van der Waals surface area contributed by atoms with Crippen LogP contribution in [0.25, 0.3) is 22.3 Å². The van der Waals surface area contributed by atoms with Gasteiger partial charge in [0.25, 0.3) is 0 Å². The van der Waals surface area contributed by atoms with Gasteiger partial charge in [-0.3, -0.25) is 4.57 Å². The van der Waals surface area contributed by atoms with Gasteiger partial charge in [0.1, 0.15) is 30.4 Å². The van der Waals surface area contributed by atoms with Crippen LogP contribution in [0.4, 0.5) is 11.8 Å². The van der Waals surface area contributed by atoms with Crippen LogP contribution < -0.4 is 15.8 Å². The van der Waals surface area contributed by atoms with Gasteiger partial charge in [0.2, 0.25) is 5.95 Å². The summed E-state index contributed by atoms with van der Waals surface area (Å²) in [6.07, 6.45) is -3.25. The minimum absolute atomic E-state index is 0.172. The average Bonchev–Trinajstić information content (AvgIpc) is 3.40. The molecule has 11 nitrogen and oxygen atoms in total. The predicted octanol–water partition coefficient (Wildman–Crippen LogP) is 1.31. The zero-order chi connectivity index (χ0) is 24.5. The third-order valence-corrected chi connectivity index (χ3v) is 6.08. The molecule has 4 atom stereocenters. The van der Waals surface area contributed by atoms with E-state index in [-0.39, 0.29) is 5.82 Å². The van der Waals surface area contributed by atoms with Crippen molar-refractivity contribution in [2.24, 2.45) is 0 Å². The van der Waals surface area contributed by atoms with Gasteiger partial charge in [0.05, 0.1) is 13.7 Å². The Morgan fingerprint density at radius 3 is 2.60 bits per heavy atom. The number of aliphatic hydroxyl groups excluding tert-OH is 3. The first-order valence-corrected chi connectivity index (χ1v) is 11.1. The normalized spacial score (nSPS) is 21.9. The Kier molecular flexibility index (Phi) is 6.22. The Hall–Kier alpha value is -3.77. The predicted molar refractivity (Wildman–Crippen MR) is 129 cm³/mol. The fraction of sp³-hybridized carbons (Fsp3) is 0.292. The minimum Gasteiger partial charge on any atom is -0.497 e. The van der Waals surface area contributed by atoms with Crippen LogP contribution in [0.5, 0.6) is 5.75 Å². The monoisotopic (exact) mass is 478 g/mol. The van der Waals surface area contributed by atoms with E-state index in [0.717, 1.165) is 22.4 Å². The van der Waals surface area contributed by atoms with E-state index in [1.807, 2.05) is 48.5 Å². The van der Waals surface area contributed by atoms with Crippen molar-refractivity contribution in [1.82, 2.24) is 19.5 Å². The SMILES string of the molecule is COc1cccc(-c2ccc(CNc3nc4c(N)ncnc4n3[C@@H]3O[C@H](CO)[C@@H](O)[C@H]3O)cc2)c1. The molecule has 1 saturated heterocycles. The summed E-state index contributed by atoms with van der Waals surface area (Å²) in [7, 11) is 1.64. The van der Waals surface area contributed by atoms with Gasteiger partial charge in [-0.15, -0.1) is 0 Å². The molecular weight excluding hydrogens is 452 g/mol. The molecule has 1 fully saturated rings. The topological polar surface area (TPSA) is 161 Å². The molecular formula is C24H26N6O5. The number of rotatable bonds is 7. The number of benzene rings is 2. The fourth-order valence-corrected chi connectivity index (χ4v) is 4.18. The van der Waals surface area contributed by atoms with Crippen LogP contribution in [-0.2, 0) is 11.3 Å². The number of hydrogen-bond acceptors (Lipinski definition) is 10. The summed E-state index contributed by atoms with van der Waals surface area (Å²) in [5.41, 5.74) is 9.74. The number of fused-ring (bicyclic) bond motifs is 1. The van der Waals surface area contributed by atoms with Crippen molar-refractivity contribution in [3.05, 3.63) is 60.4 Å². The maximum absolute atomic E-state index is 10.6. The van der Waals surface area contributed by atoms with Crippen LogP contribution in [0.15, 0.2) is 54.9 Å². The molecule has 0 amide bonds. The van der Waals surface area contributed by atoms with Gasteiger partial charge < -0.3 is 35.8 Å². The lowest BCUT2D eigenvalue weighted by Gasteiger charge is -2.19. The molecule has 0 unspecified atom stereocenters. The number of methoxy groups -OCH3 is 1. The van der Waals surface area contributed by atoms with E-state index in [2.05, 4.69) is 20.3 Å². The summed E-state index contributed by atoms with van der Waals surface area (Å²) in [5.74, 6) is 1.30. The average molecular weight is 479 g/mol. The number of aliphatic hydroxyl groups is 3. The van der Waals surface area contributed by atoms with Crippen molar-refractivity contribution >= 4 is 22.9 Å². The van der Waals surface area contributed by atoms with Crippen molar-refractivity contribution in [3.8, 4) is 16.9 Å². The molecule has 5 rings (SSSR count). The van der Waals surface area contributed by atoms with Crippen LogP contribution in [0.1, 0.15) is 11.8 Å². The zero-order valence-electron chi connectivity index (χ0n) is 18.9. The molecule has 182 valence electrons. The molecule has 0 spiro atoms. The molecule has 4 aromatic rings. The van der Waals surface area contributed by atoms with Crippen LogP contribution in [0, 0.1) is 0 Å². The van der Waals surface area contributed by atoms with Gasteiger partial charge in [-0.25, -0.2) is 15.0 Å². The van der Waals surface area contributed by atoms with Gasteiger partial charge in [0.15, 0.2) is 23.2 Å². The van der Waals surface area contributed by atoms with Gasteiger partial charge in [0, 0.05) is 6.54 Å². The van der Waals surface area contributed by atoms with Crippen LogP contribution in [0.2, 0.25) is 0 Å². The van der Waals surface area contributed by atoms with Crippen molar-refractivity contribution in [3.63, 3.8) is 0 Å². The highest BCUT2D eigenvalue weighted by Crippen LogP contribution is 2.35. The number of ether oxygens (including phenoxy) is 2. The molecule has 0 bridgehead atoms. The maximum atomic E-state index is 10.6. The summed E-state index contributed by atoms with van der Waals surface area (Å²) >= 11 is 0. The molecule has 0 radical (unpaired) electrons. The molecule has 0 aliphatic carbocycles. The summed E-state index contributed by atoms with van der Waals surface area (Å²) in [4.78, 5) is 12.8. The number of anilines is 2. The zero-order valence-corrected chi connectivity index (χ0v) is 18.9. The van der Waals surface area contributed by atoms with Crippen LogP contribution >= 0.6 is 0 Å². The van der Waals surface area contributed by atoms with E-state index >= 15 is 0 Å². The number of aromatic nitrogens is 4. The standard InChI is InChI=1S/C24H26N6O5/c1-34-16-4-2-3-15(9-16)14-7-5-13(6-8-14)10-26-24-29-18-21(25)27-12-28-22(18)30(24)23-20(33)19(32)17(11-31)35-23/h2-9,12,17,19-20,23,31-33H,10-11H2,1H3,(H,26,29)(H2,25,27,28)/t17-,19-,20-,23-/m1/s1. The first kappa shape index (κ1) is 23.0. The molecule has 35 heavy (non-hydrogen) atoms. The minimum atomic E-state index is -1.30. The number of nitrogen functional groups attached to an aromatic ring is 1. The lowest BCUT2D eigenvalue weighted by Crippen LogP contribution is -2.33. The maximum Gasteiger partial charge on any atom is 0.207 e. The van der Waals surface area contributed by atoms with Gasteiger partial charge in [-0.2, -0.15) is 0 Å². The van der Waals surface area contributed by atoms with Crippen molar-refractivity contribution in [2.75, 3.05) is 24.8 Å². The van der Waals surface area contributed by atoms with E-state index in [1.54, 1.807) is 7.11 Å². The van der Waals surface area contributed by atoms with Gasteiger partial charge in [-0.05, 0) is 28.8 Å². The lowest BCUT2D eigenvalue weighted by molar-refractivity contribution is -0.0501. The number of hydrogen-bond donors (Lipinski definition) is 5. The molecule has 2 aromatic carbocycles. The smallest absolute Gasteiger partial charge is 0.207 e. The fourth-order valence-electron chi connectivity index (χ4n) is 4.18. The Morgan fingerprint density at radius 2 is 1.89 bits per heavy atom. The van der Waals surface area contributed by atoms with Crippen molar-refractivity contribution < 1.29 is 24.8 Å². The van der Waals surface area contributed by atoms with E-state index in [0.29, 0.717) is 23.7 Å². The highest BCUT2D eigenvalue weighted by Gasteiger charge is 2.45. The Balaban J connectivity index is 1.41. The van der Waals surface area contributed by atoms with E-state index < -0.39 is 31.1 Å². The molecule has 6 N–H and O–H groups in total. The van der Waals surface area contributed by atoms with E-state index in [9.17, 15) is 15.3 Å². The van der Waals surface area contributed by atoms with E-state index in [1.165, 1.54) is 10.9 Å². The molecule has 2 aromatic heterocycles. The highest BCUT2D eigenvalue weighted by molar-refractivity contribution is 5.84. The molecule has 1 aliphatic heterocycles. The summed E-state index contributed by atoms with van der Waals surface area (Å²) in [6.45, 7) is -0.0370. The molecule has 1 aliphatic rings. The Labute approximate surface area is 200 Å². The summed E-state index contributed by atoms with van der Waals surface area (Å²) in [6, 6.07) is 15.9. The van der Waals surface area contributed by atoms with Crippen LogP contribution in [-0.4, -0.2) is 66.9 Å². The Bertz CT molecular complexity index is 1330. The number of imidazole rings is 1. The number of nitrogens with two attached hydrogens (primary N) is 1. The highest BCUT2D eigenvalue weighted by atomic mass is 16.6. The second kappa shape index (κ2) is 9.47. The Morgan fingerprint density at radius 1 is 1.09 bits per heavy atom. The number of nitrogens with zero attached hydrogens (tertiary/aromatic N) is 4. The van der Waals surface area contributed by atoms with Crippen molar-refractivity contribution in [2.45, 2.75) is 31.1 Å². The quantitative estimate of drug-likeness (QED) is 0.262. The second-order valence-corrected chi connectivity index (χ2v) is 8.25.